The Morgan fingerprint density at radius 3 is 2.57 bits per heavy atom. The Balaban J connectivity index is 3.35. The zero-order valence-electron chi connectivity index (χ0n) is 9.29. The van der Waals surface area contributed by atoms with Crippen LogP contribution in [0.1, 0.15) is 52.4 Å². The lowest BCUT2D eigenvalue weighted by Crippen LogP contribution is -2.15. The number of esters is 1. The van der Waals surface area contributed by atoms with E-state index in [4.69, 9.17) is 4.74 Å². The van der Waals surface area contributed by atoms with Crippen LogP contribution in [0.5, 0.6) is 0 Å². The Hall–Kier alpha value is -0.570. The molecule has 0 aromatic rings. The van der Waals surface area contributed by atoms with Crippen molar-refractivity contribution in [2.24, 2.45) is 0 Å². The predicted octanol–water partition coefficient (Wildman–Crippen LogP) is 2.27. The number of hydrogen-bond donors (Lipinski definition) is 1. The standard InChI is InChI=1S/C11H22O3/c1-3-5-6-7-8-10(12)9-11(13)14-4-2/h10,12H,3-9H2,1-2H3. The van der Waals surface area contributed by atoms with Crippen molar-refractivity contribution in [1.29, 1.82) is 0 Å². The minimum Gasteiger partial charge on any atom is -0.466 e. The first-order valence-corrected chi connectivity index (χ1v) is 5.54. The van der Waals surface area contributed by atoms with Crippen LogP contribution in [0.4, 0.5) is 0 Å². The van der Waals surface area contributed by atoms with Gasteiger partial charge >= 0.3 is 5.97 Å². The lowest BCUT2D eigenvalue weighted by atomic mass is 10.1. The van der Waals surface area contributed by atoms with E-state index in [0.717, 1.165) is 12.8 Å². The largest absolute Gasteiger partial charge is 0.466 e. The fourth-order valence-electron chi connectivity index (χ4n) is 1.32. The Morgan fingerprint density at radius 2 is 2.00 bits per heavy atom. The summed E-state index contributed by atoms with van der Waals surface area (Å²) in [5.74, 6) is -0.296. The summed E-state index contributed by atoms with van der Waals surface area (Å²) in [6.07, 6.45) is 4.84. The zero-order valence-corrected chi connectivity index (χ0v) is 9.29. The number of aliphatic hydroxyl groups excluding tert-OH is 1. The highest BCUT2D eigenvalue weighted by atomic mass is 16.5. The lowest BCUT2D eigenvalue weighted by molar-refractivity contribution is -0.145. The molecule has 0 aliphatic rings. The van der Waals surface area contributed by atoms with Crippen LogP contribution in [0, 0.1) is 0 Å². The van der Waals surface area contributed by atoms with Gasteiger partial charge in [0.1, 0.15) is 0 Å². The SMILES string of the molecule is CCCCCCC(O)CC(=O)OCC. The van der Waals surface area contributed by atoms with E-state index in [1.165, 1.54) is 12.8 Å². The van der Waals surface area contributed by atoms with Crippen molar-refractivity contribution in [3.63, 3.8) is 0 Å². The van der Waals surface area contributed by atoms with Gasteiger partial charge in [-0.15, -0.1) is 0 Å². The summed E-state index contributed by atoms with van der Waals surface area (Å²) >= 11 is 0. The summed E-state index contributed by atoms with van der Waals surface area (Å²) in [5, 5.41) is 9.44. The molecule has 0 aliphatic carbocycles. The van der Waals surface area contributed by atoms with Crippen LogP contribution in [0.25, 0.3) is 0 Å². The predicted molar refractivity (Wildman–Crippen MR) is 56.0 cm³/mol. The van der Waals surface area contributed by atoms with E-state index in [9.17, 15) is 9.90 Å². The third kappa shape index (κ3) is 8.05. The average Bonchev–Trinajstić information content (AvgIpc) is 2.13. The molecule has 3 heteroatoms. The monoisotopic (exact) mass is 202 g/mol. The van der Waals surface area contributed by atoms with Crippen LogP contribution in [0.2, 0.25) is 0 Å². The first kappa shape index (κ1) is 13.4. The summed E-state index contributed by atoms with van der Waals surface area (Å²) < 4.78 is 4.74. The Kier molecular flexibility index (Phi) is 8.64. The van der Waals surface area contributed by atoms with Crippen molar-refractivity contribution in [2.45, 2.75) is 58.5 Å². The molecule has 0 heterocycles. The Bertz CT molecular complexity index is 145. The number of carbonyl (C=O) groups is 1. The maximum atomic E-state index is 11.0. The van der Waals surface area contributed by atoms with Crippen LogP contribution in [0.3, 0.4) is 0 Å². The molecule has 0 spiro atoms. The van der Waals surface area contributed by atoms with Gasteiger partial charge in [-0.1, -0.05) is 32.6 Å². The maximum Gasteiger partial charge on any atom is 0.308 e. The Labute approximate surface area is 86.5 Å². The molecule has 0 amide bonds. The molecule has 1 N–H and O–H groups in total. The molecule has 0 fully saturated rings. The summed E-state index contributed by atoms with van der Waals surface area (Å²) in [6, 6.07) is 0. The second-order valence-corrected chi connectivity index (χ2v) is 3.51. The highest BCUT2D eigenvalue weighted by Gasteiger charge is 2.10. The third-order valence-corrected chi connectivity index (χ3v) is 2.10. The quantitative estimate of drug-likeness (QED) is 0.485. The van der Waals surface area contributed by atoms with Gasteiger partial charge in [-0.3, -0.25) is 4.79 Å². The summed E-state index contributed by atoms with van der Waals surface area (Å²) in [6.45, 7) is 4.31. The van der Waals surface area contributed by atoms with Gasteiger partial charge < -0.3 is 9.84 Å². The van der Waals surface area contributed by atoms with Crippen molar-refractivity contribution in [2.75, 3.05) is 6.61 Å². The number of carbonyl (C=O) groups excluding carboxylic acids is 1. The zero-order chi connectivity index (χ0) is 10.8. The second kappa shape index (κ2) is 9.00. The first-order chi connectivity index (χ1) is 6.70. The number of unbranched alkanes of at least 4 members (excludes halogenated alkanes) is 3. The molecule has 0 aromatic carbocycles. The third-order valence-electron chi connectivity index (χ3n) is 2.10. The average molecular weight is 202 g/mol. The van der Waals surface area contributed by atoms with Crippen LogP contribution in [-0.2, 0) is 9.53 Å². The van der Waals surface area contributed by atoms with Crippen molar-refractivity contribution in [3.05, 3.63) is 0 Å². The van der Waals surface area contributed by atoms with Gasteiger partial charge in [-0.2, -0.15) is 0 Å². The van der Waals surface area contributed by atoms with Gasteiger partial charge in [-0.25, -0.2) is 0 Å². The summed E-state index contributed by atoms with van der Waals surface area (Å²) in [4.78, 5) is 11.0. The molecular weight excluding hydrogens is 180 g/mol. The van der Waals surface area contributed by atoms with E-state index in [-0.39, 0.29) is 12.4 Å². The molecule has 1 unspecified atom stereocenters. The van der Waals surface area contributed by atoms with Crippen molar-refractivity contribution < 1.29 is 14.6 Å². The number of hydrogen-bond acceptors (Lipinski definition) is 3. The molecule has 0 radical (unpaired) electrons. The molecule has 0 saturated carbocycles. The topological polar surface area (TPSA) is 46.5 Å². The van der Waals surface area contributed by atoms with E-state index in [2.05, 4.69) is 6.92 Å². The van der Waals surface area contributed by atoms with Crippen molar-refractivity contribution in [1.82, 2.24) is 0 Å². The molecule has 0 bridgehead atoms. The van der Waals surface area contributed by atoms with Gasteiger partial charge in [0.25, 0.3) is 0 Å². The molecule has 84 valence electrons. The maximum absolute atomic E-state index is 11.0. The van der Waals surface area contributed by atoms with E-state index in [1.807, 2.05) is 0 Å². The molecule has 0 rings (SSSR count). The van der Waals surface area contributed by atoms with Crippen LogP contribution >= 0.6 is 0 Å². The number of aliphatic hydroxyl groups is 1. The van der Waals surface area contributed by atoms with Gasteiger partial charge in [0.15, 0.2) is 0 Å². The molecule has 1 atom stereocenters. The lowest BCUT2D eigenvalue weighted by Gasteiger charge is -2.09. The minimum atomic E-state index is -0.522. The first-order valence-electron chi connectivity index (χ1n) is 5.54. The van der Waals surface area contributed by atoms with Gasteiger partial charge in [0.2, 0.25) is 0 Å². The van der Waals surface area contributed by atoms with Crippen LogP contribution in [-0.4, -0.2) is 23.8 Å². The van der Waals surface area contributed by atoms with Gasteiger partial charge in [-0.05, 0) is 13.3 Å². The van der Waals surface area contributed by atoms with Gasteiger partial charge in [0.05, 0.1) is 19.1 Å². The molecule has 14 heavy (non-hydrogen) atoms. The van der Waals surface area contributed by atoms with Gasteiger partial charge in [0, 0.05) is 0 Å². The highest BCUT2D eigenvalue weighted by molar-refractivity contribution is 5.69. The molecule has 0 saturated heterocycles. The van der Waals surface area contributed by atoms with Crippen molar-refractivity contribution in [3.8, 4) is 0 Å². The highest BCUT2D eigenvalue weighted by Crippen LogP contribution is 2.08. The van der Waals surface area contributed by atoms with E-state index < -0.39 is 6.10 Å². The second-order valence-electron chi connectivity index (χ2n) is 3.51. The molecule has 0 aromatic heterocycles. The molecular formula is C11H22O3. The van der Waals surface area contributed by atoms with Crippen LogP contribution in [0.15, 0.2) is 0 Å². The Morgan fingerprint density at radius 1 is 1.29 bits per heavy atom. The number of ether oxygens (including phenoxy) is 1. The fourth-order valence-corrected chi connectivity index (χ4v) is 1.32. The van der Waals surface area contributed by atoms with Crippen LogP contribution < -0.4 is 0 Å². The minimum absolute atomic E-state index is 0.139. The summed E-state index contributed by atoms with van der Waals surface area (Å²) in [5.41, 5.74) is 0. The van der Waals surface area contributed by atoms with E-state index in [1.54, 1.807) is 6.92 Å². The summed E-state index contributed by atoms with van der Waals surface area (Å²) in [7, 11) is 0. The normalized spacial score (nSPS) is 12.5. The molecule has 0 aliphatic heterocycles. The smallest absolute Gasteiger partial charge is 0.308 e. The fraction of sp³-hybridized carbons (Fsp3) is 0.909. The molecule has 3 nitrogen and oxygen atoms in total. The van der Waals surface area contributed by atoms with Crippen molar-refractivity contribution >= 4 is 5.97 Å². The van der Waals surface area contributed by atoms with E-state index >= 15 is 0 Å². The van der Waals surface area contributed by atoms with E-state index in [0.29, 0.717) is 13.0 Å². The number of rotatable bonds is 8.